The first-order valence-corrected chi connectivity index (χ1v) is 8.09. The van der Waals surface area contributed by atoms with Crippen molar-refractivity contribution in [2.24, 2.45) is 0 Å². The quantitative estimate of drug-likeness (QED) is 0.716. The summed E-state index contributed by atoms with van der Waals surface area (Å²) >= 11 is 0. The van der Waals surface area contributed by atoms with Gasteiger partial charge in [-0.25, -0.2) is 0 Å². The van der Waals surface area contributed by atoms with E-state index in [-0.39, 0.29) is 5.78 Å². The zero-order valence-electron chi connectivity index (χ0n) is 13.6. The van der Waals surface area contributed by atoms with Gasteiger partial charge in [-0.1, -0.05) is 55.8 Å². The van der Waals surface area contributed by atoms with Crippen LogP contribution in [0.2, 0.25) is 0 Å². The Morgan fingerprint density at radius 1 is 0.864 bits per heavy atom. The average molecular weight is 290 g/mol. The maximum absolute atomic E-state index is 13.0. The van der Waals surface area contributed by atoms with Crippen LogP contribution < -0.4 is 0 Å². The van der Waals surface area contributed by atoms with Gasteiger partial charge in [-0.05, 0) is 54.5 Å². The molecule has 1 aliphatic rings. The van der Waals surface area contributed by atoms with Crippen molar-refractivity contribution in [3.05, 3.63) is 70.3 Å². The van der Waals surface area contributed by atoms with E-state index >= 15 is 0 Å². The number of fused-ring (bicyclic) bond motifs is 1. The molecule has 0 amide bonds. The lowest BCUT2D eigenvalue weighted by atomic mass is 9.90. The molecular weight excluding hydrogens is 268 g/mol. The number of aryl methyl sites for hydroxylation is 2. The van der Waals surface area contributed by atoms with Gasteiger partial charge in [0.25, 0.3) is 0 Å². The smallest absolute Gasteiger partial charge is 0.194 e. The van der Waals surface area contributed by atoms with Gasteiger partial charge in [-0.2, -0.15) is 0 Å². The first-order chi connectivity index (χ1) is 10.6. The van der Waals surface area contributed by atoms with Crippen LogP contribution in [0.4, 0.5) is 0 Å². The first-order valence-electron chi connectivity index (χ1n) is 8.09. The molecule has 1 nitrogen and oxygen atoms in total. The zero-order chi connectivity index (χ0) is 15.7. The Hall–Kier alpha value is -2.15. The number of allylic oxidation sites excluding steroid dienone is 2. The number of Topliss-reactive ketones (excluding diaryl/α,β-unsaturated/α-hetero) is 1. The molecule has 0 bridgehead atoms. The van der Waals surface area contributed by atoms with Crippen molar-refractivity contribution in [2.45, 2.75) is 40.0 Å². The van der Waals surface area contributed by atoms with Gasteiger partial charge in [0.15, 0.2) is 5.78 Å². The van der Waals surface area contributed by atoms with Gasteiger partial charge in [0, 0.05) is 11.1 Å². The summed E-state index contributed by atoms with van der Waals surface area (Å²) in [6, 6.07) is 14.3. The van der Waals surface area contributed by atoms with Crippen molar-refractivity contribution in [2.75, 3.05) is 0 Å². The molecule has 0 spiro atoms. The van der Waals surface area contributed by atoms with Crippen molar-refractivity contribution in [1.29, 1.82) is 0 Å². The molecule has 2 aromatic carbocycles. The molecule has 0 atom stereocenters. The Morgan fingerprint density at radius 2 is 1.50 bits per heavy atom. The third-order valence-corrected chi connectivity index (χ3v) is 4.54. The number of benzene rings is 2. The molecule has 3 rings (SSSR count). The van der Waals surface area contributed by atoms with E-state index in [1.165, 1.54) is 16.7 Å². The van der Waals surface area contributed by atoms with Gasteiger partial charge in [0.2, 0.25) is 0 Å². The second kappa shape index (κ2) is 5.92. The summed E-state index contributed by atoms with van der Waals surface area (Å²) in [5, 5.41) is 0. The van der Waals surface area contributed by atoms with Gasteiger partial charge in [-0.15, -0.1) is 0 Å². The Kier molecular flexibility index (Phi) is 3.98. The van der Waals surface area contributed by atoms with Crippen LogP contribution in [-0.2, 0) is 0 Å². The van der Waals surface area contributed by atoms with E-state index in [0.29, 0.717) is 0 Å². The largest absolute Gasteiger partial charge is 0.289 e. The lowest BCUT2D eigenvalue weighted by Gasteiger charge is -2.13. The van der Waals surface area contributed by atoms with Crippen LogP contribution in [0.3, 0.4) is 0 Å². The zero-order valence-corrected chi connectivity index (χ0v) is 13.6. The van der Waals surface area contributed by atoms with Crippen molar-refractivity contribution in [3.63, 3.8) is 0 Å². The summed E-state index contributed by atoms with van der Waals surface area (Å²) < 4.78 is 0. The molecule has 112 valence electrons. The van der Waals surface area contributed by atoms with E-state index in [9.17, 15) is 4.79 Å². The molecular formula is C21H22O. The Balaban J connectivity index is 2.24. The summed E-state index contributed by atoms with van der Waals surface area (Å²) in [7, 11) is 0. The number of ketones is 1. The molecule has 2 aromatic rings. The van der Waals surface area contributed by atoms with E-state index in [2.05, 4.69) is 45.0 Å². The summed E-state index contributed by atoms with van der Waals surface area (Å²) in [5.74, 6) is 0.194. The molecule has 0 unspecified atom stereocenters. The average Bonchev–Trinajstić information content (AvgIpc) is 2.79. The summed E-state index contributed by atoms with van der Waals surface area (Å²) in [6.07, 6.45) is 3.23. The minimum Gasteiger partial charge on any atom is -0.289 e. The predicted octanol–water partition coefficient (Wildman–Crippen LogP) is 5.60. The summed E-state index contributed by atoms with van der Waals surface area (Å²) in [5.41, 5.74) is 7.68. The van der Waals surface area contributed by atoms with Gasteiger partial charge in [0.05, 0.1) is 0 Å². The van der Waals surface area contributed by atoms with Crippen molar-refractivity contribution in [3.8, 4) is 0 Å². The van der Waals surface area contributed by atoms with Gasteiger partial charge < -0.3 is 0 Å². The van der Waals surface area contributed by atoms with Crippen LogP contribution in [0.25, 0.3) is 11.1 Å². The first kappa shape index (κ1) is 14.8. The van der Waals surface area contributed by atoms with E-state index in [1.54, 1.807) is 0 Å². The molecule has 22 heavy (non-hydrogen) atoms. The minimum atomic E-state index is 0.194. The molecule has 0 N–H and O–H groups in total. The van der Waals surface area contributed by atoms with Crippen LogP contribution in [0.1, 0.15) is 58.8 Å². The van der Waals surface area contributed by atoms with Gasteiger partial charge >= 0.3 is 0 Å². The van der Waals surface area contributed by atoms with Crippen molar-refractivity contribution in [1.82, 2.24) is 0 Å². The van der Waals surface area contributed by atoms with Crippen LogP contribution in [0.5, 0.6) is 0 Å². The second-order valence-electron chi connectivity index (χ2n) is 6.10. The predicted molar refractivity (Wildman–Crippen MR) is 93.0 cm³/mol. The third kappa shape index (κ3) is 2.31. The second-order valence-corrected chi connectivity index (χ2v) is 6.10. The maximum Gasteiger partial charge on any atom is 0.194 e. The standard InChI is InChI=1S/C21H22O/c1-4-5-11-17-16-12-6-7-13-18(16)21(22)20(17)19-14(2)9-8-10-15(19)3/h6-10,12-13H,4-5,11H2,1-3H3. The normalized spacial score (nSPS) is 13.7. The number of carbonyl (C=O) groups is 1. The van der Waals surface area contributed by atoms with E-state index in [4.69, 9.17) is 0 Å². The highest BCUT2D eigenvalue weighted by molar-refractivity contribution is 6.40. The highest BCUT2D eigenvalue weighted by atomic mass is 16.1. The third-order valence-electron chi connectivity index (χ3n) is 4.54. The monoisotopic (exact) mass is 290 g/mol. The Morgan fingerprint density at radius 3 is 2.14 bits per heavy atom. The number of unbranched alkanes of at least 4 members (excludes halogenated alkanes) is 1. The number of hydrogen-bond donors (Lipinski definition) is 0. The maximum atomic E-state index is 13.0. The Bertz CT molecular complexity index is 745. The fourth-order valence-corrected chi connectivity index (χ4v) is 3.44. The summed E-state index contributed by atoms with van der Waals surface area (Å²) in [4.78, 5) is 13.0. The molecule has 1 aliphatic carbocycles. The topological polar surface area (TPSA) is 17.1 Å². The molecule has 0 heterocycles. The van der Waals surface area contributed by atoms with Crippen LogP contribution in [0.15, 0.2) is 42.5 Å². The minimum absolute atomic E-state index is 0.194. The van der Waals surface area contributed by atoms with Crippen LogP contribution >= 0.6 is 0 Å². The van der Waals surface area contributed by atoms with Crippen LogP contribution in [-0.4, -0.2) is 5.78 Å². The molecule has 1 heteroatoms. The summed E-state index contributed by atoms with van der Waals surface area (Å²) in [6.45, 7) is 6.40. The molecule has 0 fully saturated rings. The molecule has 0 saturated heterocycles. The van der Waals surface area contributed by atoms with Gasteiger partial charge in [0.1, 0.15) is 0 Å². The highest BCUT2D eigenvalue weighted by Gasteiger charge is 2.30. The van der Waals surface area contributed by atoms with Crippen LogP contribution in [0, 0.1) is 13.8 Å². The van der Waals surface area contributed by atoms with Crippen molar-refractivity contribution >= 4 is 16.9 Å². The van der Waals surface area contributed by atoms with E-state index in [1.807, 2.05) is 18.2 Å². The number of carbonyl (C=O) groups excluding carboxylic acids is 1. The Labute approximate surface area is 132 Å². The van der Waals surface area contributed by atoms with Crippen molar-refractivity contribution < 1.29 is 4.79 Å². The fraction of sp³-hybridized carbons (Fsp3) is 0.286. The lowest BCUT2D eigenvalue weighted by Crippen LogP contribution is -2.02. The molecule has 0 aliphatic heterocycles. The molecule has 0 saturated carbocycles. The lowest BCUT2D eigenvalue weighted by molar-refractivity contribution is 0.105. The SMILES string of the molecule is CCCCC1=C(c2c(C)cccc2C)C(=O)c2ccccc21. The highest BCUT2D eigenvalue weighted by Crippen LogP contribution is 2.42. The van der Waals surface area contributed by atoms with E-state index in [0.717, 1.165) is 41.5 Å². The van der Waals surface area contributed by atoms with E-state index < -0.39 is 0 Å². The molecule has 0 radical (unpaired) electrons. The number of hydrogen-bond acceptors (Lipinski definition) is 1. The fourth-order valence-electron chi connectivity index (χ4n) is 3.44. The van der Waals surface area contributed by atoms with Gasteiger partial charge in [-0.3, -0.25) is 4.79 Å². The molecule has 0 aromatic heterocycles. The number of rotatable bonds is 4.